The van der Waals surface area contributed by atoms with Crippen molar-refractivity contribution < 1.29 is 33.3 Å². The summed E-state index contributed by atoms with van der Waals surface area (Å²) in [7, 11) is 0. The van der Waals surface area contributed by atoms with Gasteiger partial charge in [0, 0.05) is 42.7 Å². The number of aldehydes is 1. The smallest absolute Gasteiger partial charge is 0.407 e. The lowest BCUT2D eigenvalue weighted by Gasteiger charge is -2.19. The molecule has 4 aromatic rings. The van der Waals surface area contributed by atoms with Gasteiger partial charge >= 0.3 is 12.2 Å². The number of H-pyrrole nitrogens is 2. The number of carbonyl (C=O) groups is 3. The van der Waals surface area contributed by atoms with E-state index in [1.54, 1.807) is 6.07 Å². The van der Waals surface area contributed by atoms with Gasteiger partial charge < -0.3 is 39.5 Å². The largest absolute Gasteiger partial charge is 0.444 e. The van der Waals surface area contributed by atoms with E-state index in [1.165, 1.54) is 0 Å². The Balaban J connectivity index is 0.000000251. The second-order valence-electron chi connectivity index (χ2n) is 12.4. The fourth-order valence-corrected chi connectivity index (χ4v) is 4.31. The van der Waals surface area contributed by atoms with Crippen LogP contribution in [0.25, 0.3) is 21.8 Å². The Morgan fingerprint density at radius 1 is 0.733 bits per heavy atom. The van der Waals surface area contributed by atoms with Gasteiger partial charge in [-0.05, 0) is 96.2 Å². The standard InChI is InChI=1S/C19H28N2O4.C15H18N2O3/c1-6-23-17(24-7-2)16-11-14-9-8-13(10-15(14)21-16)12-20-18(22)25-19(3,4)5;1-15(2,3)20-14(19)16-8-10-4-5-11-7-12(9-18)17-13(11)6-10/h8-11,17,21H,6-7,12H2,1-5H3,(H,20,22);4-7,9,17H,8H2,1-3H3,(H,16,19). The number of aromatic nitrogens is 2. The van der Waals surface area contributed by atoms with Gasteiger partial charge in [0.15, 0.2) is 12.6 Å². The molecule has 0 spiro atoms. The molecule has 0 unspecified atom stereocenters. The minimum absolute atomic E-state index is 0.375. The summed E-state index contributed by atoms with van der Waals surface area (Å²) in [6, 6.07) is 15.5. The zero-order valence-electron chi connectivity index (χ0n) is 27.5. The quantitative estimate of drug-likeness (QED) is 0.108. The summed E-state index contributed by atoms with van der Waals surface area (Å²) >= 11 is 0. The third-order valence-corrected chi connectivity index (χ3v) is 6.10. The molecule has 244 valence electrons. The van der Waals surface area contributed by atoms with Crippen molar-refractivity contribution in [2.45, 2.75) is 86.0 Å². The van der Waals surface area contributed by atoms with Gasteiger partial charge in [0.25, 0.3) is 0 Å². The number of alkyl carbamates (subject to hydrolysis) is 2. The summed E-state index contributed by atoms with van der Waals surface area (Å²) < 4.78 is 21.7. The van der Waals surface area contributed by atoms with Crippen LogP contribution in [-0.2, 0) is 32.0 Å². The molecule has 2 aromatic carbocycles. The lowest BCUT2D eigenvalue weighted by Crippen LogP contribution is -2.32. The minimum Gasteiger partial charge on any atom is -0.444 e. The molecular formula is C34H46N4O7. The molecule has 11 nitrogen and oxygen atoms in total. The van der Waals surface area contributed by atoms with Crippen molar-refractivity contribution in [2.24, 2.45) is 0 Å². The second-order valence-corrected chi connectivity index (χ2v) is 12.4. The average molecular weight is 623 g/mol. The second kappa shape index (κ2) is 15.6. The van der Waals surface area contributed by atoms with Crippen LogP contribution >= 0.6 is 0 Å². The normalized spacial score (nSPS) is 11.7. The molecule has 0 atom stereocenters. The molecule has 0 aliphatic rings. The van der Waals surface area contributed by atoms with Gasteiger partial charge in [-0.2, -0.15) is 0 Å². The highest BCUT2D eigenvalue weighted by Gasteiger charge is 2.17. The van der Waals surface area contributed by atoms with E-state index in [9.17, 15) is 14.4 Å². The van der Waals surface area contributed by atoms with E-state index in [2.05, 4.69) is 20.6 Å². The predicted molar refractivity (Wildman–Crippen MR) is 174 cm³/mol. The van der Waals surface area contributed by atoms with Crippen molar-refractivity contribution in [3.05, 3.63) is 71.0 Å². The molecule has 2 heterocycles. The number of amides is 2. The van der Waals surface area contributed by atoms with Gasteiger partial charge in [0.05, 0.1) is 11.4 Å². The van der Waals surface area contributed by atoms with Crippen molar-refractivity contribution in [3.63, 3.8) is 0 Å². The van der Waals surface area contributed by atoms with Crippen molar-refractivity contribution in [3.8, 4) is 0 Å². The van der Waals surface area contributed by atoms with Crippen molar-refractivity contribution in [1.29, 1.82) is 0 Å². The first-order valence-corrected chi connectivity index (χ1v) is 15.0. The Kier molecular flexibility index (Phi) is 12.2. The average Bonchev–Trinajstić information content (AvgIpc) is 3.57. The van der Waals surface area contributed by atoms with Crippen LogP contribution in [0.15, 0.2) is 48.5 Å². The molecule has 4 N–H and O–H groups in total. The van der Waals surface area contributed by atoms with E-state index < -0.39 is 29.7 Å². The Hall–Kier alpha value is -4.35. The maximum atomic E-state index is 11.8. The monoisotopic (exact) mass is 622 g/mol. The van der Waals surface area contributed by atoms with Gasteiger partial charge in [-0.15, -0.1) is 0 Å². The number of aromatic amines is 2. The molecule has 2 amide bonds. The predicted octanol–water partition coefficient (Wildman–Crippen LogP) is 7.27. The lowest BCUT2D eigenvalue weighted by molar-refractivity contribution is -0.142. The van der Waals surface area contributed by atoms with E-state index in [1.807, 2.05) is 97.9 Å². The van der Waals surface area contributed by atoms with E-state index in [-0.39, 0.29) is 0 Å². The van der Waals surface area contributed by atoms with E-state index >= 15 is 0 Å². The van der Waals surface area contributed by atoms with Crippen LogP contribution in [0.3, 0.4) is 0 Å². The molecule has 45 heavy (non-hydrogen) atoms. The van der Waals surface area contributed by atoms with Gasteiger partial charge in [-0.1, -0.05) is 24.3 Å². The van der Waals surface area contributed by atoms with Crippen LogP contribution in [-0.4, -0.2) is 52.9 Å². The molecule has 2 aromatic heterocycles. The number of ether oxygens (including phenoxy) is 4. The number of rotatable bonds is 10. The Bertz CT molecular complexity index is 1570. The van der Waals surface area contributed by atoms with Crippen molar-refractivity contribution >= 4 is 40.3 Å². The molecular weight excluding hydrogens is 576 g/mol. The maximum absolute atomic E-state index is 11.8. The van der Waals surface area contributed by atoms with Crippen LogP contribution < -0.4 is 10.6 Å². The highest BCUT2D eigenvalue weighted by molar-refractivity contribution is 5.88. The zero-order chi connectivity index (χ0) is 33.2. The number of nitrogens with one attached hydrogen (secondary N) is 4. The summed E-state index contributed by atoms with van der Waals surface area (Å²) in [6.07, 6.45) is -0.491. The molecule has 0 aliphatic carbocycles. The van der Waals surface area contributed by atoms with Crippen LogP contribution in [0.2, 0.25) is 0 Å². The van der Waals surface area contributed by atoms with Gasteiger partial charge in [-0.25, -0.2) is 9.59 Å². The summed E-state index contributed by atoms with van der Waals surface area (Å²) in [4.78, 5) is 40.4. The molecule has 11 heteroatoms. The zero-order valence-corrected chi connectivity index (χ0v) is 27.5. The Morgan fingerprint density at radius 2 is 1.20 bits per heavy atom. The third-order valence-electron chi connectivity index (χ3n) is 6.10. The van der Waals surface area contributed by atoms with Gasteiger partial charge in [-0.3, -0.25) is 4.79 Å². The van der Waals surface area contributed by atoms with Crippen LogP contribution in [0.5, 0.6) is 0 Å². The van der Waals surface area contributed by atoms with E-state index in [4.69, 9.17) is 18.9 Å². The van der Waals surface area contributed by atoms with E-state index in [0.717, 1.165) is 44.9 Å². The molecule has 4 rings (SSSR count). The fraction of sp³-hybridized carbons (Fsp3) is 0.441. The third kappa shape index (κ3) is 11.6. The fourth-order valence-electron chi connectivity index (χ4n) is 4.31. The van der Waals surface area contributed by atoms with Crippen molar-refractivity contribution in [2.75, 3.05) is 13.2 Å². The molecule has 0 fully saturated rings. The first kappa shape index (κ1) is 35.1. The van der Waals surface area contributed by atoms with Gasteiger partial charge in [0.2, 0.25) is 0 Å². The number of carbonyl (C=O) groups excluding carboxylic acids is 3. The van der Waals surface area contributed by atoms with Crippen LogP contribution in [0.1, 0.15) is 89.0 Å². The van der Waals surface area contributed by atoms with E-state index in [0.29, 0.717) is 32.0 Å². The number of hydrogen-bond acceptors (Lipinski definition) is 7. The first-order valence-electron chi connectivity index (χ1n) is 15.0. The summed E-state index contributed by atoms with van der Waals surface area (Å²) in [6.45, 7) is 16.8. The summed E-state index contributed by atoms with van der Waals surface area (Å²) in [5.41, 5.74) is 4.17. The summed E-state index contributed by atoms with van der Waals surface area (Å²) in [5.74, 6) is 0. The topological polar surface area (TPSA) is 144 Å². The maximum Gasteiger partial charge on any atom is 0.407 e. The number of hydrogen-bond donors (Lipinski definition) is 4. The molecule has 0 aliphatic heterocycles. The Labute approximate surface area is 264 Å². The molecule has 0 radical (unpaired) electrons. The van der Waals surface area contributed by atoms with Crippen molar-refractivity contribution in [1.82, 2.24) is 20.6 Å². The molecule has 0 saturated heterocycles. The van der Waals surface area contributed by atoms with Gasteiger partial charge in [0.1, 0.15) is 11.2 Å². The number of fused-ring (bicyclic) bond motifs is 2. The molecule has 0 saturated carbocycles. The minimum atomic E-state index is -0.508. The lowest BCUT2D eigenvalue weighted by atomic mass is 10.1. The number of benzene rings is 2. The highest BCUT2D eigenvalue weighted by Crippen LogP contribution is 2.24. The van der Waals surface area contributed by atoms with Crippen LogP contribution in [0, 0.1) is 0 Å². The highest BCUT2D eigenvalue weighted by atomic mass is 16.7. The Morgan fingerprint density at radius 3 is 1.64 bits per heavy atom. The molecule has 0 bridgehead atoms. The SMILES string of the molecule is CC(C)(C)OC(=O)NCc1ccc2cc(C=O)[nH]c2c1.CCOC(OCC)c1cc2ccc(CNC(=O)OC(C)(C)C)cc2[nH]1. The first-order chi connectivity index (χ1) is 21.2. The van der Waals surface area contributed by atoms with Crippen LogP contribution in [0.4, 0.5) is 9.59 Å². The summed E-state index contributed by atoms with van der Waals surface area (Å²) in [5, 5.41) is 7.50.